The van der Waals surface area contributed by atoms with E-state index in [1.165, 1.54) is 11.0 Å². The number of hydrogen-bond acceptors (Lipinski definition) is 3. The molecule has 0 unspecified atom stereocenters. The van der Waals surface area contributed by atoms with Crippen LogP contribution in [0, 0.1) is 5.82 Å². The van der Waals surface area contributed by atoms with Crippen molar-refractivity contribution in [3.8, 4) is 0 Å². The number of carbonyl (C=O) groups is 1. The number of aromatic nitrogens is 1. The minimum Gasteiger partial charge on any atom is -0.444 e. The van der Waals surface area contributed by atoms with Crippen molar-refractivity contribution in [1.82, 2.24) is 9.88 Å². The fourth-order valence-corrected chi connectivity index (χ4v) is 1.86. The number of rotatable bonds is 3. The minimum atomic E-state index is -0.581. The molecule has 1 aromatic heterocycles. The van der Waals surface area contributed by atoms with Crippen molar-refractivity contribution < 1.29 is 13.9 Å². The molecule has 0 spiro atoms. The molecule has 0 N–H and O–H groups in total. The maximum Gasteiger partial charge on any atom is 0.410 e. The van der Waals surface area contributed by atoms with Crippen LogP contribution in [-0.4, -0.2) is 28.1 Å². The molecule has 1 heterocycles. The first kappa shape index (κ1) is 16.7. The highest BCUT2D eigenvalue weighted by molar-refractivity contribution is 6.30. The van der Waals surface area contributed by atoms with E-state index in [1.807, 2.05) is 6.92 Å². The van der Waals surface area contributed by atoms with Crippen molar-refractivity contribution in [2.24, 2.45) is 0 Å². The van der Waals surface area contributed by atoms with Gasteiger partial charge in [0.2, 0.25) is 0 Å². The highest BCUT2D eigenvalue weighted by Gasteiger charge is 2.26. The molecule has 1 amide bonds. The van der Waals surface area contributed by atoms with Gasteiger partial charge in [-0.3, -0.25) is 4.98 Å². The molecule has 0 saturated carbocycles. The summed E-state index contributed by atoms with van der Waals surface area (Å²) in [5.41, 5.74) is -0.0536. The number of carbonyl (C=O) groups excluding carboxylic acids is 1. The Kier molecular flexibility index (Phi) is 5.34. The lowest BCUT2D eigenvalue weighted by Crippen LogP contribution is -2.38. The molecule has 20 heavy (non-hydrogen) atoms. The number of pyridine rings is 1. The summed E-state index contributed by atoms with van der Waals surface area (Å²) in [7, 11) is 0. The van der Waals surface area contributed by atoms with Crippen LogP contribution in [0.5, 0.6) is 0 Å². The Balaban J connectivity index is 2.93. The predicted molar refractivity (Wildman–Crippen MR) is 76.2 cm³/mol. The molecule has 0 aliphatic carbocycles. The van der Waals surface area contributed by atoms with Crippen LogP contribution >= 0.6 is 11.6 Å². The van der Waals surface area contributed by atoms with E-state index in [9.17, 15) is 9.18 Å². The molecule has 1 aromatic rings. The molecule has 0 radical (unpaired) electrons. The lowest BCUT2D eigenvalue weighted by atomic mass is 10.2. The molecule has 6 heteroatoms. The van der Waals surface area contributed by atoms with Gasteiger partial charge < -0.3 is 9.64 Å². The summed E-state index contributed by atoms with van der Waals surface area (Å²) in [5, 5.41) is -0.0120. The van der Waals surface area contributed by atoms with E-state index in [-0.39, 0.29) is 11.1 Å². The Morgan fingerprint density at radius 1 is 1.55 bits per heavy atom. The normalized spacial score (nSPS) is 12.9. The molecule has 1 atom stereocenters. The van der Waals surface area contributed by atoms with E-state index in [0.29, 0.717) is 12.2 Å². The van der Waals surface area contributed by atoms with Crippen LogP contribution in [0.1, 0.15) is 46.4 Å². The van der Waals surface area contributed by atoms with E-state index in [4.69, 9.17) is 16.3 Å². The second-order valence-corrected chi connectivity index (χ2v) is 5.87. The Morgan fingerprint density at radius 3 is 2.60 bits per heavy atom. The van der Waals surface area contributed by atoms with Crippen LogP contribution < -0.4 is 0 Å². The van der Waals surface area contributed by atoms with Crippen molar-refractivity contribution in [3.05, 3.63) is 28.8 Å². The van der Waals surface area contributed by atoms with Gasteiger partial charge in [0.05, 0.1) is 23.0 Å². The first-order valence-electron chi connectivity index (χ1n) is 6.46. The first-order valence-corrected chi connectivity index (χ1v) is 6.84. The summed E-state index contributed by atoms with van der Waals surface area (Å²) in [6.45, 7) is 9.49. The molecule has 0 aromatic carbocycles. The zero-order valence-electron chi connectivity index (χ0n) is 12.4. The predicted octanol–water partition coefficient (Wildman–Crippen LogP) is 4.19. The molecule has 0 aliphatic rings. The molecular weight excluding hydrogens is 283 g/mol. The molecule has 4 nitrogen and oxygen atoms in total. The van der Waals surface area contributed by atoms with Gasteiger partial charge >= 0.3 is 6.09 Å². The number of halogens is 2. The van der Waals surface area contributed by atoms with E-state index >= 15 is 0 Å². The van der Waals surface area contributed by atoms with E-state index in [2.05, 4.69) is 4.98 Å². The quantitative estimate of drug-likeness (QED) is 0.840. The van der Waals surface area contributed by atoms with Crippen LogP contribution in [0.2, 0.25) is 5.02 Å². The maximum atomic E-state index is 13.1. The lowest BCUT2D eigenvalue weighted by Gasteiger charge is -2.30. The SMILES string of the molecule is CCN(C(=O)OC(C)(C)C)[C@H](C)c1cc(Cl)c(F)cn1. The van der Waals surface area contributed by atoms with Crippen LogP contribution in [0.15, 0.2) is 12.3 Å². The Bertz CT molecular complexity index is 489. The van der Waals surface area contributed by atoms with E-state index in [0.717, 1.165) is 6.20 Å². The maximum absolute atomic E-state index is 13.1. The van der Waals surface area contributed by atoms with Crippen LogP contribution in [0.4, 0.5) is 9.18 Å². The molecular formula is C14H20ClFN2O2. The second kappa shape index (κ2) is 6.39. The van der Waals surface area contributed by atoms with Gasteiger partial charge in [-0.2, -0.15) is 0 Å². The third-order valence-corrected chi connectivity index (χ3v) is 2.98. The van der Waals surface area contributed by atoms with Crippen LogP contribution in [0.3, 0.4) is 0 Å². The number of hydrogen-bond donors (Lipinski definition) is 0. The van der Waals surface area contributed by atoms with Gasteiger partial charge in [-0.25, -0.2) is 9.18 Å². The fraction of sp³-hybridized carbons (Fsp3) is 0.571. The summed E-state index contributed by atoms with van der Waals surface area (Å²) in [6.07, 6.45) is 0.617. The van der Waals surface area contributed by atoms with Crippen molar-refractivity contribution in [3.63, 3.8) is 0 Å². The largest absolute Gasteiger partial charge is 0.444 e. The minimum absolute atomic E-state index is 0.0120. The smallest absolute Gasteiger partial charge is 0.410 e. The Labute approximate surface area is 123 Å². The third kappa shape index (κ3) is 4.34. The lowest BCUT2D eigenvalue weighted by molar-refractivity contribution is 0.0182. The van der Waals surface area contributed by atoms with Crippen LogP contribution in [-0.2, 0) is 4.74 Å². The molecule has 0 aliphatic heterocycles. The van der Waals surface area contributed by atoms with Gasteiger partial charge in [0.15, 0.2) is 5.82 Å². The standard InChI is InChI=1S/C14H20ClFN2O2/c1-6-18(13(19)20-14(3,4)5)9(2)12-7-10(15)11(16)8-17-12/h7-9H,6H2,1-5H3/t9-/m1/s1. The van der Waals surface area contributed by atoms with Gasteiger partial charge in [0.1, 0.15) is 5.60 Å². The summed E-state index contributed by atoms with van der Waals surface area (Å²) < 4.78 is 18.5. The highest BCUT2D eigenvalue weighted by Crippen LogP contribution is 2.24. The average molecular weight is 303 g/mol. The Hall–Kier alpha value is -1.36. The van der Waals surface area contributed by atoms with Gasteiger partial charge in [-0.15, -0.1) is 0 Å². The molecule has 0 fully saturated rings. The van der Waals surface area contributed by atoms with E-state index in [1.54, 1.807) is 27.7 Å². The summed E-state index contributed by atoms with van der Waals surface area (Å²) in [5.74, 6) is -0.581. The van der Waals surface area contributed by atoms with Crippen molar-refractivity contribution in [2.45, 2.75) is 46.3 Å². The molecule has 0 saturated heterocycles. The number of amides is 1. The zero-order chi connectivity index (χ0) is 15.5. The number of ether oxygens (including phenoxy) is 1. The second-order valence-electron chi connectivity index (χ2n) is 5.47. The van der Waals surface area contributed by atoms with Gasteiger partial charge in [0, 0.05) is 6.54 Å². The van der Waals surface area contributed by atoms with Gasteiger partial charge in [-0.1, -0.05) is 11.6 Å². The molecule has 0 bridgehead atoms. The third-order valence-electron chi connectivity index (χ3n) is 2.69. The average Bonchev–Trinajstić information content (AvgIpc) is 2.31. The Morgan fingerprint density at radius 2 is 2.15 bits per heavy atom. The zero-order valence-corrected chi connectivity index (χ0v) is 13.2. The number of nitrogens with zero attached hydrogens (tertiary/aromatic N) is 2. The van der Waals surface area contributed by atoms with Gasteiger partial charge in [-0.05, 0) is 40.7 Å². The molecule has 112 valence electrons. The van der Waals surface area contributed by atoms with Crippen molar-refractivity contribution >= 4 is 17.7 Å². The summed E-state index contributed by atoms with van der Waals surface area (Å²) >= 11 is 5.74. The molecule has 1 rings (SSSR count). The first-order chi connectivity index (χ1) is 9.15. The van der Waals surface area contributed by atoms with E-state index < -0.39 is 17.5 Å². The van der Waals surface area contributed by atoms with Crippen molar-refractivity contribution in [1.29, 1.82) is 0 Å². The monoisotopic (exact) mass is 302 g/mol. The summed E-state index contributed by atoms with van der Waals surface area (Å²) in [6, 6.07) is 1.07. The van der Waals surface area contributed by atoms with Crippen molar-refractivity contribution in [2.75, 3.05) is 6.54 Å². The highest BCUT2D eigenvalue weighted by atomic mass is 35.5. The van der Waals surface area contributed by atoms with Gasteiger partial charge in [0.25, 0.3) is 0 Å². The summed E-state index contributed by atoms with van der Waals surface area (Å²) in [4.78, 5) is 17.6. The fourth-order valence-electron chi connectivity index (χ4n) is 1.70. The topological polar surface area (TPSA) is 42.4 Å². The van der Waals surface area contributed by atoms with Crippen LogP contribution in [0.25, 0.3) is 0 Å².